The van der Waals surface area contributed by atoms with Crippen molar-refractivity contribution >= 4 is 16.4 Å². The van der Waals surface area contributed by atoms with Crippen LogP contribution in [-0.2, 0) is 23.5 Å². The molecule has 0 bridgehead atoms. The van der Waals surface area contributed by atoms with Gasteiger partial charge in [0.1, 0.15) is 0 Å². The SMILES string of the molecule is CCCCCCc1cc([SH](=O)=O)cc(CCCCCC)c1N. The number of nitrogen functional groups attached to an aromatic ring is 1. The minimum absolute atomic E-state index is 0.417. The highest BCUT2D eigenvalue weighted by atomic mass is 32.2. The Kier molecular flexibility index (Phi) is 9.21. The van der Waals surface area contributed by atoms with Gasteiger partial charge in [0.15, 0.2) is 10.7 Å². The van der Waals surface area contributed by atoms with Crippen molar-refractivity contribution in [2.24, 2.45) is 0 Å². The lowest BCUT2D eigenvalue weighted by molar-refractivity contribution is 0.614. The first kappa shape index (κ1) is 19.0. The minimum atomic E-state index is -2.54. The summed E-state index contributed by atoms with van der Waals surface area (Å²) in [7, 11) is -2.54. The summed E-state index contributed by atoms with van der Waals surface area (Å²) in [5, 5.41) is 0. The Bertz CT molecular complexity index is 483. The van der Waals surface area contributed by atoms with Crippen LogP contribution >= 0.6 is 0 Å². The van der Waals surface area contributed by atoms with E-state index >= 15 is 0 Å². The Labute approximate surface area is 137 Å². The van der Waals surface area contributed by atoms with Gasteiger partial charge in [-0.2, -0.15) is 0 Å². The van der Waals surface area contributed by atoms with Gasteiger partial charge in [0, 0.05) is 5.69 Å². The predicted octanol–water partition coefficient (Wildman–Crippen LogP) is 4.48. The smallest absolute Gasteiger partial charge is 0.168 e. The van der Waals surface area contributed by atoms with Crippen molar-refractivity contribution in [2.75, 3.05) is 5.73 Å². The monoisotopic (exact) mass is 325 g/mol. The third-order valence-corrected chi connectivity index (χ3v) is 4.83. The fourth-order valence-corrected chi connectivity index (χ4v) is 3.29. The van der Waals surface area contributed by atoms with Gasteiger partial charge in [-0.1, -0.05) is 52.4 Å². The van der Waals surface area contributed by atoms with Gasteiger partial charge in [0.25, 0.3) is 0 Å². The van der Waals surface area contributed by atoms with Gasteiger partial charge in [-0.05, 0) is 48.9 Å². The molecule has 0 spiro atoms. The zero-order valence-corrected chi connectivity index (χ0v) is 15.0. The van der Waals surface area contributed by atoms with Crippen LogP contribution < -0.4 is 5.73 Å². The Morgan fingerprint density at radius 3 is 1.64 bits per heavy atom. The van der Waals surface area contributed by atoms with Crippen LogP contribution in [0.15, 0.2) is 17.0 Å². The second-order valence-corrected chi connectivity index (χ2v) is 7.09. The molecule has 2 N–H and O–H groups in total. The quantitative estimate of drug-likeness (QED) is 0.358. The number of thiol groups is 1. The molecule has 0 amide bonds. The Morgan fingerprint density at radius 1 is 0.818 bits per heavy atom. The molecule has 0 aliphatic carbocycles. The van der Waals surface area contributed by atoms with Crippen LogP contribution in [0.2, 0.25) is 0 Å². The highest BCUT2D eigenvalue weighted by Crippen LogP contribution is 2.25. The number of benzene rings is 1. The first-order valence-corrected chi connectivity index (χ1v) is 9.83. The van der Waals surface area contributed by atoms with Crippen LogP contribution in [0.25, 0.3) is 0 Å². The molecule has 0 aliphatic rings. The lowest BCUT2D eigenvalue weighted by atomic mass is 9.98. The summed E-state index contributed by atoms with van der Waals surface area (Å²) >= 11 is 0. The van der Waals surface area contributed by atoms with Crippen LogP contribution in [0, 0.1) is 0 Å². The molecule has 3 nitrogen and oxygen atoms in total. The molecule has 0 aliphatic heterocycles. The zero-order valence-electron chi connectivity index (χ0n) is 14.1. The van der Waals surface area contributed by atoms with E-state index < -0.39 is 10.7 Å². The number of hydrogen-bond donors (Lipinski definition) is 2. The maximum atomic E-state index is 11.4. The van der Waals surface area contributed by atoms with Crippen molar-refractivity contribution in [1.82, 2.24) is 0 Å². The van der Waals surface area contributed by atoms with Gasteiger partial charge in [-0.15, -0.1) is 0 Å². The number of nitrogens with two attached hydrogens (primary N) is 1. The van der Waals surface area contributed by atoms with E-state index in [-0.39, 0.29) is 0 Å². The zero-order chi connectivity index (χ0) is 16.4. The van der Waals surface area contributed by atoms with Crippen molar-refractivity contribution in [3.63, 3.8) is 0 Å². The summed E-state index contributed by atoms with van der Waals surface area (Å²) in [5.74, 6) is 0. The van der Waals surface area contributed by atoms with Gasteiger partial charge in [-0.3, -0.25) is 0 Å². The van der Waals surface area contributed by atoms with Crippen molar-refractivity contribution < 1.29 is 8.42 Å². The van der Waals surface area contributed by atoms with Crippen LogP contribution in [-0.4, -0.2) is 8.42 Å². The molecule has 22 heavy (non-hydrogen) atoms. The van der Waals surface area contributed by atoms with E-state index in [1.807, 2.05) is 0 Å². The predicted molar refractivity (Wildman–Crippen MR) is 95.1 cm³/mol. The Morgan fingerprint density at radius 2 is 1.27 bits per heavy atom. The second kappa shape index (κ2) is 10.7. The minimum Gasteiger partial charge on any atom is -0.398 e. The number of anilines is 1. The van der Waals surface area contributed by atoms with E-state index in [1.54, 1.807) is 12.1 Å². The highest BCUT2D eigenvalue weighted by Gasteiger charge is 2.09. The Balaban J connectivity index is 2.82. The third kappa shape index (κ3) is 6.39. The summed E-state index contributed by atoms with van der Waals surface area (Å²) in [6.07, 6.45) is 11.1. The van der Waals surface area contributed by atoms with Crippen molar-refractivity contribution in [1.29, 1.82) is 0 Å². The lowest BCUT2D eigenvalue weighted by Gasteiger charge is -2.12. The number of unbranched alkanes of at least 4 members (excludes halogenated alkanes) is 6. The molecule has 0 aromatic heterocycles. The number of hydrogen-bond acceptors (Lipinski definition) is 3. The average molecular weight is 326 g/mol. The van der Waals surface area contributed by atoms with E-state index in [9.17, 15) is 8.42 Å². The third-order valence-electron chi connectivity index (χ3n) is 4.15. The maximum Gasteiger partial charge on any atom is 0.168 e. The van der Waals surface area contributed by atoms with Gasteiger partial charge in [0.2, 0.25) is 0 Å². The van der Waals surface area contributed by atoms with Crippen LogP contribution in [0.4, 0.5) is 5.69 Å². The maximum absolute atomic E-state index is 11.4. The van der Waals surface area contributed by atoms with Gasteiger partial charge in [0.05, 0.1) is 4.90 Å². The van der Waals surface area contributed by atoms with Gasteiger partial charge in [-0.25, -0.2) is 8.42 Å². The molecule has 0 heterocycles. The van der Waals surface area contributed by atoms with E-state index in [4.69, 9.17) is 5.73 Å². The molecule has 1 aromatic rings. The summed E-state index contributed by atoms with van der Waals surface area (Å²) in [5.41, 5.74) is 9.12. The molecule has 1 aromatic carbocycles. The van der Waals surface area contributed by atoms with Gasteiger partial charge < -0.3 is 5.73 Å². The lowest BCUT2D eigenvalue weighted by Crippen LogP contribution is -2.03. The van der Waals surface area contributed by atoms with Crippen LogP contribution in [0.1, 0.15) is 76.3 Å². The van der Waals surface area contributed by atoms with Crippen molar-refractivity contribution in [2.45, 2.75) is 83.0 Å². The van der Waals surface area contributed by atoms with E-state index in [1.165, 1.54) is 38.5 Å². The first-order valence-electron chi connectivity index (χ1n) is 8.65. The largest absolute Gasteiger partial charge is 0.398 e. The first-order chi connectivity index (χ1) is 10.6. The summed E-state index contributed by atoms with van der Waals surface area (Å²) in [6, 6.07) is 3.53. The molecule has 0 saturated carbocycles. The topological polar surface area (TPSA) is 60.2 Å². The standard InChI is InChI=1S/C18H31NO2S/c1-3-5-7-9-11-15-13-17(22(20)21)14-16(18(15)19)12-10-8-6-4-2/h13-14,22H,3-12,19H2,1-2H3. The molecular weight excluding hydrogens is 294 g/mol. The molecule has 0 unspecified atom stereocenters. The molecule has 0 atom stereocenters. The fourth-order valence-electron chi connectivity index (χ4n) is 2.76. The Hall–Kier alpha value is -1.03. The second-order valence-electron chi connectivity index (χ2n) is 6.06. The molecule has 0 fully saturated rings. The van der Waals surface area contributed by atoms with E-state index in [0.29, 0.717) is 4.90 Å². The van der Waals surface area contributed by atoms with E-state index in [2.05, 4.69) is 13.8 Å². The van der Waals surface area contributed by atoms with Crippen LogP contribution in [0.3, 0.4) is 0 Å². The van der Waals surface area contributed by atoms with Crippen molar-refractivity contribution in [3.8, 4) is 0 Å². The summed E-state index contributed by atoms with van der Waals surface area (Å²) in [4.78, 5) is 0.417. The summed E-state index contributed by atoms with van der Waals surface area (Å²) < 4.78 is 22.7. The summed E-state index contributed by atoms with van der Waals surface area (Å²) in [6.45, 7) is 4.37. The average Bonchev–Trinajstić information content (AvgIpc) is 2.50. The molecule has 0 saturated heterocycles. The fraction of sp³-hybridized carbons (Fsp3) is 0.667. The van der Waals surface area contributed by atoms with Gasteiger partial charge >= 0.3 is 0 Å². The number of rotatable bonds is 11. The number of aryl methyl sites for hydroxylation is 2. The van der Waals surface area contributed by atoms with E-state index in [0.717, 1.165) is 42.5 Å². The molecule has 0 radical (unpaired) electrons. The van der Waals surface area contributed by atoms with Crippen LogP contribution in [0.5, 0.6) is 0 Å². The molecule has 126 valence electrons. The normalized spacial score (nSPS) is 11.2. The highest BCUT2D eigenvalue weighted by molar-refractivity contribution is 7.72. The molecular formula is C18H31NO2S. The van der Waals surface area contributed by atoms with Crippen molar-refractivity contribution in [3.05, 3.63) is 23.3 Å². The molecule has 1 rings (SSSR count). The molecule has 4 heteroatoms.